The second-order valence-electron chi connectivity index (χ2n) is 7.34. The third kappa shape index (κ3) is 1.73. The highest BCUT2D eigenvalue weighted by molar-refractivity contribution is 6.19. The predicted octanol–water partition coefficient (Wildman–Crippen LogP) is 3.21. The molecule has 0 radical (unpaired) electrons. The maximum atomic E-state index is 14.1. The first-order chi connectivity index (χ1) is 14.6. The van der Waals surface area contributed by atoms with Gasteiger partial charge in [-0.05, 0) is 17.7 Å². The molecule has 3 heterocycles. The highest BCUT2D eigenvalue weighted by Gasteiger charge is 2.63. The molecular weight excluding hydrogens is 382 g/mol. The molecule has 1 aliphatic heterocycles. The first kappa shape index (κ1) is 16.8. The van der Waals surface area contributed by atoms with Gasteiger partial charge in [-0.2, -0.15) is 4.98 Å². The van der Waals surface area contributed by atoms with E-state index in [0.29, 0.717) is 39.2 Å². The molecule has 0 saturated carbocycles. The average Bonchev–Trinajstić information content (AvgIpc) is 3.34. The summed E-state index contributed by atoms with van der Waals surface area (Å²) in [6.45, 7) is 4.02. The molecule has 2 aliphatic rings. The summed E-state index contributed by atoms with van der Waals surface area (Å²) in [5.41, 5.74) is 6.58. The van der Waals surface area contributed by atoms with E-state index in [-0.39, 0.29) is 24.0 Å². The fourth-order valence-corrected chi connectivity index (χ4v) is 4.84. The third-order valence-corrected chi connectivity index (χ3v) is 5.88. The van der Waals surface area contributed by atoms with Crippen molar-refractivity contribution in [1.82, 2.24) is 4.98 Å². The van der Waals surface area contributed by atoms with Crippen LogP contribution in [0.4, 0.5) is 11.7 Å². The largest absolute Gasteiger partial charge is 0.423 e. The molecule has 2 aromatic carbocycles. The van der Waals surface area contributed by atoms with Gasteiger partial charge in [0, 0.05) is 17.5 Å². The number of carbonyl (C=O) groups excluding carboxylic acids is 1. The molecule has 1 aliphatic carbocycles. The lowest BCUT2D eigenvalue weighted by Gasteiger charge is -2.23. The Morgan fingerprint density at radius 3 is 2.70 bits per heavy atom. The zero-order valence-corrected chi connectivity index (χ0v) is 15.7. The van der Waals surface area contributed by atoms with Crippen LogP contribution in [0, 0.1) is 0 Å². The highest BCUT2D eigenvalue weighted by atomic mass is 16.4. The quantitative estimate of drug-likeness (QED) is 0.412. The molecule has 4 aromatic rings. The van der Waals surface area contributed by atoms with Crippen molar-refractivity contribution >= 4 is 28.6 Å². The minimum Gasteiger partial charge on any atom is -0.423 e. The van der Waals surface area contributed by atoms with Crippen molar-refractivity contribution in [3.63, 3.8) is 0 Å². The first-order valence-corrected chi connectivity index (χ1v) is 9.45. The van der Waals surface area contributed by atoms with Crippen molar-refractivity contribution in [3.05, 3.63) is 88.4 Å². The summed E-state index contributed by atoms with van der Waals surface area (Å²) in [4.78, 5) is 33.4. The van der Waals surface area contributed by atoms with Gasteiger partial charge in [0.1, 0.15) is 11.3 Å². The van der Waals surface area contributed by atoms with Crippen molar-refractivity contribution in [2.75, 3.05) is 17.2 Å². The van der Waals surface area contributed by atoms with Crippen LogP contribution < -0.4 is 16.3 Å². The van der Waals surface area contributed by atoms with Crippen LogP contribution in [0.1, 0.15) is 16.8 Å². The number of para-hydroxylation sites is 1. The minimum absolute atomic E-state index is 0.0597. The second kappa shape index (κ2) is 5.48. The fraction of sp³-hybridized carbons (Fsp3) is 0.0870. The van der Waals surface area contributed by atoms with Gasteiger partial charge < -0.3 is 19.5 Å². The maximum absolute atomic E-state index is 14.1. The number of benzene rings is 2. The van der Waals surface area contributed by atoms with E-state index in [2.05, 4.69) is 11.6 Å². The Bertz CT molecular complexity index is 1470. The Balaban J connectivity index is 1.85. The number of amides is 1. The first-order valence-electron chi connectivity index (χ1n) is 9.45. The number of anilines is 2. The summed E-state index contributed by atoms with van der Waals surface area (Å²) in [6.07, 6.45) is 1.63. The lowest BCUT2D eigenvalue weighted by Crippen LogP contribution is -2.42. The number of fused-ring (bicyclic) bond motifs is 9. The molecule has 0 bridgehead atoms. The molecule has 2 N–H and O–H groups in total. The number of rotatable bonds is 2. The van der Waals surface area contributed by atoms with Crippen LogP contribution in [-0.4, -0.2) is 17.4 Å². The van der Waals surface area contributed by atoms with Crippen LogP contribution in [0.5, 0.6) is 0 Å². The monoisotopic (exact) mass is 397 g/mol. The van der Waals surface area contributed by atoms with Gasteiger partial charge in [0.2, 0.25) is 5.91 Å². The number of aromatic nitrogens is 1. The summed E-state index contributed by atoms with van der Waals surface area (Å²) < 4.78 is 11.3. The number of carbonyl (C=O) groups is 1. The summed E-state index contributed by atoms with van der Waals surface area (Å²) in [5, 5.41) is 0.668. The van der Waals surface area contributed by atoms with Gasteiger partial charge in [-0.15, -0.1) is 6.58 Å². The molecule has 2 aromatic heterocycles. The number of hydrogen-bond donors (Lipinski definition) is 1. The van der Waals surface area contributed by atoms with Crippen LogP contribution in [0.2, 0.25) is 0 Å². The standard InChI is InChI=1S/C23H15N3O4/c1-2-11-26-17-13-8-4-6-10-15(13)29-20(27)16(17)23(21(26)28)14-9-5-3-7-12(14)18-19(23)25-22(24)30-18/h2-10H,1,11H2,(H2,24,25)/t23-/m0/s1. The van der Waals surface area contributed by atoms with Crippen molar-refractivity contribution in [2.45, 2.75) is 5.41 Å². The molecule has 0 fully saturated rings. The summed E-state index contributed by atoms with van der Waals surface area (Å²) in [5.74, 6) is 0.0935. The van der Waals surface area contributed by atoms with Crippen molar-refractivity contribution in [1.29, 1.82) is 0 Å². The van der Waals surface area contributed by atoms with Gasteiger partial charge in [0.15, 0.2) is 11.2 Å². The smallest absolute Gasteiger partial charge is 0.343 e. The van der Waals surface area contributed by atoms with Gasteiger partial charge in [-0.25, -0.2) is 4.79 Å². The molecular formula is C23H15N3O4. The van der Waals surface area contributed by atoms with Gasteiger partial charge in [-0.1, -0.05) is 42.5 Å². The van der Waals surface area contributed by atoms with Crippen LogP contribution in [0.25, 0.3) is 22.3 Å². The molecule has 30 heavy (non-hydrogen) atoms. The number of nitrogen functional groups attached to an aromatic ring is 1. The number of nitrogens with zero attached hydrogens (tertiary/aromatic N) is 2. The lowest BCUT2D eigenvalue weighted by molar-refractivity contribution is -0.120. The zero-order chi connectivity index (χ0) is 20.6. The van der Waals surface area contributed by atoms with Crippen LogP contribution >= 0.6 is 0 Å². The third-order valence-electron chi connectivity index (χ3n) is 5.88. The van der Waals surface area contributed by atoms with E-state index in [1.54, 1.807) is 23.1 Å². The normalized spacial score (nSPS) is 18.7. The molecule has 0 unspecified atom stereocenters. The molecule has 1 amide bonds. The molecule has 7 nitrogen and oxygen atoms in total. The molecule has 1 spiro atoms. The van der Waals surface area contributed by atoms with E-state index in [0.717, 1.165) is 0 Å². The van der Waals surface area contributed by atoms with Gasteiger partial charge >= 0.3 is 5.63 Å². The number of nitrogens with two attached hydrogens (primary N) is 1. The van der Waals surface area contributed by atoms with Crippen LogP contribution in [-0.2, 0) is 10.2 Å². The van der Waals surface area contributed by atoms with Crippen molar-refractivity contribution in [2.24, 2.45) is 0 Å². The zero-order valence-electron chi connectivity index (χ0n) is 15.7. The van der Waals surface area contributed by atoms with E-state index < -0.39 is 11.0 Å². The molecule has 146 valence electrons. The summed E-state index contributed by atoms with van der Waals surface area (Å²) in [6, 6.07) is 14.4. The molecule has 0 saturated heterocycles. The van der Waals surface area contributed by atoms with Crippen LogP contribution in [0.15, 0.2) is 74.8 Å². The predicted molar refractivity (Wildman–Crippen MR) is 111 cm³/mol. The number of oxazole rings is 1. The summed E-state index contributed by atoms with van der Waals surface area (Å²) in [7, 11) is 0. The van der Waals surface area contributed by atoms with E-state index in [9.17, 15) is 9.59 Å². The fourth-order valence-electron chi connectivity index (χ4n) is 4.84. The molecule has 6 rings (SSSR count). The van der Waals surface area contributed by atoms with Crippen LogP contribution in [0.3, 0.4) is 0 Å². The Kier molecular flexibility index (Phi) is 3.06. The Morgan fingerprint density at radius 1 is 1.10 bits per heavy atom. The average molecular weight is 397 g/mol. The highest BCUT2D eigenvalue weighted by Crippen LogP contribution is 2.58. The summed E-state index contributed by atoms with van der Waals surface area (Å²) >= 11 is 0. The second-order valence-corrected chi connectivity index (χ2v) is 7.34. The minimum atomic E-state index is -1.48. The Morgan fingerprint density at radius 2 is 1.87 bits per heavy atom. The van der Waals surface area contributed by atoms with E-state index >= 15 is 0 Å². The van der Waals surface area contributed by atoms with E-state index in [4.69, 9.17) is 14.6 Å². The van der Waals surface area contributed by atoms with E-state index in [1.807, 2.05) is 36.4 Å². The molecule has 7 heteroatoms. The van der Waals surface area contributed by atoms with Crippen molar-refractivity contribution < 1.29 is 13.6 Å². The van der Waals surface area contributed by atoms with Gasteiger partial charge in [0.05, 0.1) is 11.3 Å². The Labute approximate surface area is 170 Å². The number of hydrogen-bond acceptors (Lipinski definition) is 6. The van der Waals surface area contributed by atoms with Gasteiger partial charge in [0.25, 0.3) is 6.01 Å². The van der Waals surface area contributed by atoms with Gasteiger partial charge in [-0.3, -0.25) is 4.79 Å². The maximum Gasteiger partial charge on any atom is 0.343 e. The molecule has 1 atom stereocenters. The topological polar surface area (TPSA) is 103 Å². The Hall–Kier alpha value is -4.13. The SMILES string of the molecule is C=CCN1C(=O)[C@@]2(c3ccccc3-c3oc(N)nc32)c2c1c1ccccc1oc2=O. The van der Waals surface area contributed by atoms with E-state index in [1.165, 1.54) is 0 Å². The lowest BCUT2D eigenvalue weighted by atomic mass is 9.76. The van der Waals surface area contributed by atoms with Crippen molar-refractivity contribution in [3.8, 4) is 11.3 Å².